The standard InChI is InChI=1S/C12H23N3O3/c1-4-14-11(17)9-8-18-6-5-15(9)10(16)7-12(2,3)13/h9H,4-8,13H2,1-3H3,(H,14,17). The molecule has 1 atom stereocenters. The maximum absolute atomic E-state index is 12.1. The molecule has 6 heteroatoms. The molecule has 0 aliphatic carbocycles. The minimum atomic E-state index is -0.568. The lowest BCUT2D eigenvalue weighted by Gasteiger charge is -2.36. The number of hydrogen-bond donors (Lipinski definition) is 2. The Balaban J connectivity index is 2.70. The van der Waals surface area contributed by atoms with Crippen molar-refractivity contribution in [2.75, 3.05) is 26.3 Å². The van der Waals surface area contributed by atoms with Crippen molar-refractivity contribution < 1.29 is 14.3 Å². The van der Waals surface area contributed by atoms with E-state index in [4.69, 9.17) is 10.5 Å². The third-order valence-corrected chi connectivity index (χ3v) is 2.71. The van der Waals surface area contributed by atoms with E-state index in [2.05, 4.69) is 5.32 Å². The zero-order valence-electron chi connectivity index (χ0n) is 11.4. The molecule has 1 fully saturated rings. The van der Waals surface area contributed by atoms with Gasteiger partial charge in [0, 0.05) is 25.0 Å². The van der Waals surface area contributed by atoms with Crippen molar-refractivity contribution in [2.45, 2.75) is 38.8 Å². The van der Waals surface area contributed by atoms with Crippen LogP contribution in [0.2, 0.25) is 0 Å². The molecule has 0 saturated carbocycles. The Morgan fingerprint density at radius 3 is 2.72 bits per heavy atom. The number of carbonyl (C=O) groups is 2. The van der Waals surface area contributed by atoms with Crippen molar-refractivity contribution >= 4 is 11.8 Å². The highest BCUT2D eigenvalue weighted by Gasteiger charge is 2.33. The summed E-state index contributed by atoms with van der Waals surface area (Å²) < 4.78 is 5.27. The van der Waals surface area contributed by atoms with Crippen molar-refractivity contribution in [3.63, 3.8) is 0 Å². The summed E-state index contributed by atoms with van der Waals surface area (Å²) in [6.45, 7) is 7.14. The number of nitrogens with two attached hydrogens (primary N) is 1. The van der Waals surface area contributed by atoms with Gasteiger partial charge in [-0.25, -0.2) is 0 Å². The molecular formula is C12H23N3O3. The fourth-order valence-electron chi connectivity index (χ4n) is 1.90. The number of amides is 2. The molecule has 1 unspecified atom stereocenters. The first kappa shape index (κ1) is 14.9. The monoisotopic (exact) mass is 257 g/mol. The quantitative estimate of drug-likeness (QED) is 0.709. The lowest BCUT2D eigenvalue weighted by molar-refractivity contribution is -0.149. The number of carbonyl (C=O) groups excluding carboxylic acids is 2. The summed E-state index contributed by atoms with van der Waals surface area (Å²) in [7, 11) is 0. The second-order valence-electron chi connectivity index (χ2n) is 5.24. The van der Waals surface area contributed by atoms with Crippen LogP contribution in [0.3, 0.4) is 0 Å². The topological polar surface area (TPSA) is 84.7 Å². The Kier molecular flexibility index (Phi) is 5.10. The van der Waals surface area contributed by atoms with Crippen molar-refractivity contribution in [1.29, 1.82) is 0 Å². The van der Waals surface area contributed by atoms with Gasteiger partial charge in [0.2, 0.25) is 11.8 Å². The molecule has 1 aliphatic heterocycles. The molecule has 1 saturated heterocycles. The van der Waals surface area contributed by atoms with Crippen molar-refractivity contribution in [3.05, 3.63) is 0 Å². The summed E-state index contributed by atoms with van der Waals surface area (Å²) >= 11 is 0. The van der Waals surface area contributed by atoms with E-state index in [0.29, 0.717) is 19.7 Å². The predicted molar refractivity (Wildman–Crippen MR) is 67.9 cm³/mol. The minimum absolute atomic E-state index is 0.0953. The van der Waals surface area contributed by atoms with Gasteiger partial charge >= 0.3 is 0 Å². The van der Waals surface area contributed by atoms with Gasteiger partial charge in [0.1, 0.15) is 6.04 Å². The van der Waals surface area contributed by atoms with E-state index in [9.17, 15) is 9.59 Å². The van der Waals surface area contributed by atoms with Crippen LogP contribution in [0.5, 0.6) is 0 Å². The minimum Gasteiger partial charge on any atom is -0.377 e. The summed E-state index contributed by atoms with van der Waals surface area (Å²) in [6, 6.07) is -0.534. The molecule has 1 aliphatic rings. The SMILES string of the molecule is CCNC(=O)C1COCCN1C(=O)CC(C)(C)N. The molecule has 0 spiro atoms. The molecule has 0 aromatic carbocycles. The molecule has 0 radical (unpaired) electrons. The van der Waals surface area contributed by atoms with E-state index in [1.54, 1.807) is 18.7 Å². The van der Waals surface area contributed by atoms with Crippen molar-refractivity contribution in [3.8, 4) is 0 Å². The fourth-order valence-corrected chi connectivity index (χ4v) is 1.90. The third kappa shape index (κ3) is 4.27. The fraction of sp³-hybridized carbons (Fsp3) is 0.833. The smallest absolute Gasteiger partial charge is 0.245 e. The first-order chi connectivity index (χ1) is 8.35. The summed E-state index contributed by atoms with van der Waals surface area (Å²) in [5.74, 6) is -0.262. The van der Waals surface area contributed by atoms with Gasteiger partial charge in [0.25, 0.3) is 0 Å². The zero-order valence-corrected chi connectivity index (χ0v) is 11.4. The van der Waals surface area contributed by atoms with Gasteiger partial charge in [0.05, 0.1) is 13.2 Å². The van der Waals surface area contributed by atoms with E-state index < -0.39 is 11.6 Å². The van der Waals surface area contributed by atoms with Gasteiger partial charge in [-0.15, -0.1) is 0 Å². The number of hydrogen-bond acceptors (Lipinski definition) is 4. The average molecular weight is 257 g/mol. The van der Waals surface area contributed by atoms with E-state index in [0.717, 1.165) is 0 Å². The molecule has 1 heterocycles. The third-order valence-electron chi connectivity index (χ3n) is 2.71. The summed E-state index contributed by atoms with van der Waals surface area (Å²) in [4.78, 5) is 25.6. The molecule has 6 nitrogen and oxygen atoms in total. The van der Waals surface area contributed by atoms with E-state index in [1.807, 2.05) is 6.92 Å². The molecule has 0 bridgehead atoms. The second-order valence-corrected chi connectivity index (χ2v) is 5.24. The van der Waals surface area contributed by atoms with Crippen LogP contribution in [0.1, 0.15) is 27.2 Å². The maximum atomic E-state index is 12.1. The highest BCUT2D eigenvalue weighted by Crippen LogP contribution is 2.13. The van der Waals surface area contributed by atoms with E-state index in [1.165, 1.54) is 0 Å². The second kappa shape index (κ2) is 6.15. The number of nitrogens with one attached hydrogen (secondary N) is 1. The Morgan fingerprint density at radius 2 is 2.17 bits per heavy atom. The largest absolute Gasteiger partial charge is 0.377 e. The molecular weight excluding hydrogens is 234 g/mol. The van der Waals surface area contributed by atoms with Gasteiger partial charge in [-0.3, -0.25) is 9.59 Å². The summed E-state index contributed by atoms with van der Waals surface area (Å²) in [6.07, 6.45) is 0.225. The van der Waals surface area contributed by atoms with Crippen LogP contribution in [0, 0.1) is 0 Å². The van der Waals surface area contributed by atoms with Crippen molar-refractivity contribution in [2.24, 2.45) is 5.73 Å². The number of morpholine rings is 1. The van der Waals surface area contributed by atoms with Gasteiger partial charge in [0.15, 0.2) is 0 Å². The molecule has 3 N–H and O–H groups in total. The van der Waals surface area contributed by atoms with Crippen LogP contribution in [0.25, 0.3) is 0 Å². The number of rotatable bonds is 4. The molecule has 0 aromatic rings. The molecule has 0 aromatic heterocycles. The highest BCUT2D eigenvalue weighted by atomic mass is 16.5. The Labute approximate surface area is 108 Å². The lowest BCUT2D eigenvalue weighted by atomic mass is 10.0. The van der Waals surface area contributed by atoms with Crippen LogP contribution in [-0.4, -0.2) is 54.6 Å². The number of likely N-dealkylation sites (N-methyl/N-ethyl adjacent to an activating group) is 1. The molecule has 18 heavy (non-hydrogen) atoms. The first-order valence-corrected chi connectivity index (χ1v) is 6.29. The molecule has 2 amide bonds. The maximum Gasteiger partial charge on any atom is 0.245 e. The highest BCUT2D eigenvalue weighted by molar-refractivity contribution is 5.88. The first-order valence-electron chi connectivity index (χ1n) is 6.29. The normalized spacial score (nSPS) is 20.7. The Morgan fingerprint density at radius 1 is 1.50 bits per heavy atom. The van der Waals surface area contributed by atoms with E-state index in [-0.39, 0.29) is 24.8 Å². The summed E-state index contributed by atoms with van der Waals surface area (Å²) in [5.41, 5.74) is 5.28. The molecule has 104 valence electrons. The van der Waals surface area contributed by atoms with E-state index >= 15 is 0 Å². The van der Waals surface area contributed by atoms with Crippen LogP contribution in [-0.2, 0) is 14.3 Å². The van der Waals surface area contributed by atoms with Gasteiger partial charge in [-0.1, -0.05) is 0 Å². The van der Waals surface area contributed by atoms with Crippen LogP contribution in [0.15, 0.2) is 0 Å². The average Bonchev–Trinajstić information content (AvgIpc) is 2.27. The lowest BCUT2D eigenvalue weighted by Crippen LogP contribution is -2.57. The zero-order chi connectivity index (χ0) is 13.8. The van der Waals surface area contributed by atoms with Crippen LogP contribution < -0.4 is 11.1 Å². The molecule has 1 rings (SSSR count). The van der Waals surface area contributed by atoms with Crippen LogP contribution >= 0.6 is 0 Å². The Hall–Kier alpha value is -1.14. The Bertz CT molecular complexity index is 312. The van der Waals surface area contributed by atoms with Gasteiger partial charge in [-0.2, -0.15) is 0 Å². The van der Waals surface area contributed by atoms with Gasteiger partial charge in [-0.05, 0) is 20.8 Å². The predicted octanol–water partition coefficient (Wildman–Crippen LogP) is -0.523. The van der Waals surface area contributed by atoms with Gasteiger partial charge < -0.3 is 20.7 Å². The van der Waals surface area contributed by atoms with Crippen LogP contribution in [0.4, 0.5) is 0 Å². The number of ether oxygens (including phenoxy) is 1. The summed E-state index contributed by atoms with van der Waals surface area (Å²) in [5, 5.41) is 2.72. The van der Waals surface area contributed by atoms with Crippen molar-refractivity contribution in [1.82, 2.24) is 10.2 Å². The number of nitrogens with zero attached hydrogens (tertiary/aromatic N) is 1.